The van der Waals surface area contributed by atoms with Crippen molar-refractivity contribution in [2.24, 2.45) is 5.92 Å². The van der Waals surface area contributed by atoms with Crippen LogP contribution in [0.25, 0.3) is 0 Å². The zero-order valence-corrected chi connectivity index (χ0v) is 14.4. The molecule has 0 aliphatic heterocycles. The maximum Gasteiger partial charge on any atom is 2.00 e. The van der Waals surface area contributed by atoms with Crippen LogP contribution in [0.2, 0.25) is 18.1 Å². The van der Waals surface area contributed by atoms with Gasteiger partial charge in [-0.1, -0.05) is 58.7 Å². The number of hydrogen-bond donors (Lipinski definition) is 0. The number of rotatable bonds is 4. The van der Waals surface area contributed by atoms with E-state index < -0.39 is 0 Å². The van der Waals surface area contributed by atoms with Crippen molar-refractivity contribution in [3.63, 3.8) is 0 Å². The molecule has 0 atom stereocenters. The largest absolute Gasteiger partial charge is 2.00 e. The molecule has 0 bridgehead atoms. The molecule has 0 aromatic carbocycles. The van der Waals surface area contributed by atoms with Crippen molar-refractivity contribution in [1.29, 1.82) is 0 Å². The molecule has 0 saturated heterocycles. The van der Waals surface area contributed by atoms with E-state index in [-0.39, 0.29) is 65.6 Å². The van der Waals surface area contributed by atoms with E-state index in [9.17, 15) is 0 Å². The second-order valence-electron chi connectivity index (χ2n) is 3.49. The standard InChI is InChI=1S/C6H15Si.C5H11.CH3.Eu/c1-4-7(5-2)6-3;1-4-5(2)3;;/h4-6H2,1-3H3;5H,1,4H2,2-3H3;1H3;/q;2*-1;+2. The predicted octanol–water partition coefficient (Wildman–Crippen LogP) is 4.86. The summed E-state index contributed by atoms with van der Waals surface area (Å²) in [5.74, 6) is 0.773. The molecule has 0 fully saturated rings. The molecule has 2 radical (unpaired) electrons. The fourth-order valence-corrected chi connectivity index (χ4v) is 2.25. The molecule has 14 heavy (non-hydrogen) atoms. The Hall–Kier alpha value is 1.80. The third-order valence-electron chi connectivity index (χ3n) is 2.08. The van der Waals surface area contributed by atoms with Crippen LogP contribution in [0.4, 0.5) is 0 Å². The Morgan fingerprint density at radius 2 is 1.21 bits per heavy atom. The summed E-state index contributed by atoms with van der Waals surface area (Å²) in [5.41, 5.74) is 0. The van der Waals surface area contributed by atoms with Gasteiger partial charge < -0.3 is 14.4 Å². The van der Waals surface area contributed by atoms with Gasteiger partial charge in [0.1, 0.15) is 0 Å². The van der Waals surface area contributed by atoms with Crippen LogP contribution in [0, 0.1) is 69.6 Å². The van der Waals surface area contributed by atoms with Crippen molar-refractivity contribution in [3.8, 4) is 0 Å². The van der Waals surface area contributed by atoms with Crippen LogP contribution in [0.1, 0.15) is 41.0 Å². The molecule has 0 spiro atoms. The Balaban J connectivity index is -0.0000000651. The monoisotopic (exact) mass is 354 g/mol. The minimum atomic E-state index is 0. The van der Waals surface area contributed by atoms with E-state index in [2.05, 4.69) is 41.5 Å². The van der Waals surface area contributed by atoms with E-state index in [1.54, 1.807) is 0 Å². The fraction of sp³-hybridized carbons (Fsp3) is 0.833. The second kappa shape index (κ2) is 20.2. The van der Waals surface area contributed by atoms with Crippen LogP contribution < -0.4 is 0 Å². The Kier molecular flexibility index (Phi) is 35.9. The Labute approximate surface area is 136 Å². The van der Waals surface area contributed by atoms with Gasteiger partial charge in [-0.2, -0.15) is 6.42 Å². The molecule has 0 nitrogen and oxygen atoms in total. The van der Waals surface area contributed by atoms with E-state index >= 15 is 0 Å². The Morgan fingerprint density at radius 1 is 1.00 bits per heavy atom. The maximum absolute atomic E-state index is 3.69. The first-order chi connectivity index (χ1) is 5.62. The van der Waals surface area contributed by atoms with Gasteiger partial charge in [0.2, 0.25) is 0 Å². The predicted molar refractivity (Wildman–Crippen MR) is 68.4 cm³/mol. The van der Waals surface area contributed by atoms with Crippen molar-refractivity contribution >= 4 is 8.80 Å². The summed E-state index contributed by atoms with van der Waals surface area (Å²) in [4.78, 5) is 0. The smallest absolute Gasteiger partial charge is 0.358 e. The van der Waals surface area contributed by atoms with E-state index in [1.165, 1.54) is 18.1 Å². The van der Waals surface area contributed by atoms with Crippen LogP contribution in [0.15, 0.2) is 0 Å². The van der Waals surface area contributed by atoms with Gasteiger partial charge in [0.05, 0.1) is 0 Å². The molecule has 0 N–H and O–H groups in total. The first kappa shape index (κ1) is 24.9. The van der Waals surface area contributed by atoms with Crippen molar-refractivity contribution < 1.29 is 49.4 Å². The molecule has 0 heterocycles. The second-order valence-corrected chi connectivity index (χ2v) is 7.11. The summed E-state index contributed by atoms with van der Waals surface area (Å²) in [6.07, 6.45) is 1.06. The van der Waals surface area contributed by atoms with Crippen LogP contribution in [-0.4, -0.2) is 8.80 Å². The summed E-state index contributed by atoms with van der Waals surface area (Å²) >= 11 is 0. The number of hydrogen-bond acceptors (Lipinski definition) is 0. The average Bonchev–Trinajstić information content (AvgIpc) is 2.09. The molecule has 0 aliphatic rings. The van der Waals surface area contributed by atoms with Gasteiger partial charge in [-0.15, -0.1) is 0 Å². The van der Waals surface area contributed by atoms with Crippen molar-refractivity contribution in [2.45, 2.75) is 59.2 Å². The molecular formula is C12H29EuSi. The van der Waals surface area contributed by atoms with Crippen molar-refractivity contribution in [3.05, 3.63) is 14.4 Å². The van der Waals surface area contributed by atoms with E-state index in [4.69, 9.17) is 0 Å². The fourth-order valence-electron chi connectivity index (χ4n) is 0.750. The summed E-state index contributed by atoms with van der Waals surface area (Å²) in [6, 6.07) is 4.37. The van der Waals surface area contributed by atoms with Gasteiger partial charge in [0.15, 0.2) is 0 Å². The zero-order chi connectivity index (χ0) is 9.98. The molecule has 2 heteroatoms. The summed E-state index contributed by atoms with van der Waals surface area (Å²) < 4.78 is 0. The quantitative estimate of drug-likeness (QED) is 0.500. The van der Waals surface area contributed by atoms with Gasteiger partial charge in [-0.3, -0.25) is 0 Å². The molecule has 0 aromatic rings. The van der Waals surface area contributed by atoms with Crippen LogP contribution in [-0.2, 0) is 0 Å². The van der Waals surface area contributed by atoms with Gasteiger partial charge in [-0.25, -0.2) is 0 Å². The van der Waals surface area contributed by atoms with E-state index in [0.29, 0.717) is 0 Å². The van der Waals surface area contributed by atoms with E-state index in [0.717, 1.165) is 12.3 Å². The molecular weight excluding hydrogens is 324 g/mol. The molecule has 0 unspecified atom stereocenters. The average molecular weight is 353 g/mol. The molecule has 0 aromatic heterocycles. The Morgan fingerprint density at radius 3 is 1.21 bits per heavy atom. The summed E-state index contributed by atoms with van der Waals surface area (Å²) in [7, 11) is 0.137. The Bertz CT molecular complexity index is 65.2. The third-order valence-corrected chi connectivity index (χ3v) is 5.08. The van der Waals surface area contributed by atoms with Gasteiger partial charge in [-0.05, 0) is 0 Å². The zero-order valence-electron chi connectivity index (χ0n) is 11.0. The summed E-state index contributed by atoms with van der Waals surface area (Å²) in [5, 5.41) is 0. The van der Waals surface area contributed by atoms with Gasteiger partial charge in [0.25, 0.3) is 0 Å². The van der Waals surface area contributed by atoms with Crippen molar-refractivity contribution in [1.82, 2.24) is 0 Å². The van der Waals surface area contributed by atoms with Gasteiger partial charge >= 0.3 is 49.4 Å². The third kappa shape index (κ3) is 23.5. The molecule has 0 aliphatic carbocycles. The topological polar surface area (TPSA) is 0 Å². The molecule has 0 amide bonds. The normalized spacial score (nSPS) is 8.57. The first-order valence-electron chi connectivity index (χ1n) is 5.24. The van der Waals surface area contributed by atoms with Crippen LogP contribution in [0.3, 0.4) is 0 Å². The molecule has 0 rings (SSSR count). The van der Waals surface area contributed by atoms with E-state index in [1.807, 2.05) is 0 Å². The van der Waals surface area contributed by atoms with Crippen molar-refractivity contribution in [2.75, 3.05) is 0 Å². The van der Waals surface area contributed by atoms with Crippen LogP contribution in [0.5, 0.6) is 0 Å². The minimum Gasteiger partial charge on any atom is -0.358 e. The van der Waals surface area contributed by atoms with Gasteiger partial charge in [0, 0.05) is 8.80 Å². The maximum atomic E-state index is 3.69. The first-order valence-corrected chi connectivity index (χ1v) is 7.37. The molecule has 0 saturated carbocycles. The summed E-state index contributed by atoms with van der Waals surface area (Å²) in [6.45, 7) is 14.9. The minimum absolute atomic E-state index is 0. The molecule has 88 valence electrons. The SMILES string of the molecule is CC[Si](CC)CC.[CH2-]CC(C)C.[CH3-].[Eu+2]. The van der Waals surface area contributed by atoms with Crippen LogP contribution >= 0.6 is 0 Å².